The third kappa shape index (κ3) is 5.60. The molecule has 1 heterocycles. The van der Waals surface area contributed by atoms with Gasteiger partial charge >= 0.3 is 14.2 Å². The van der Waals surface area contributed by atoms with E-state index in [1.165, 1.54) is 0 Å². The van der Waals surface area contributed by atoms with Crippen LogP contribution in [0.4, 0.5) is 0 Å². The molecule has 6 heteroatoms. The molecule has 150 valence electrons. The highest BCUT2D eigenvalue weighted by Crippen LogP contribution is 2.38. The maximum Gasteiger partial charge on any atom is 0.488 e. The normalized spacial score (nSPS) is 20.6. The highest BCUT2D eigenvalue weighted by atomic mass is 16.7. The molecule has 0 saturated carbocycles. The highest BCUT2D eigenvalue weighted by Gasteiger charge is 2.51. The summed E-state index contributed by atoms with van der Waals surface area (Å²) in [4.78, 5) is 0. The van der Waals surface area contributed by atoms with Crippen LogP contribution in [0.15, 0.2) is 11.4 Å². The van der Waals surface area contributed by atoms with Crippen molar-refractivity contribution in [1.82, 2.24) is 0 Å². The number of hydrogen-bond donors (Lipinski definition) is 0. The smallest absolute Gasteiger partial charge is 0.410 e. The molecule has 0 radical (unpaired) electrons. The molecule has 0 amide bonds. The van der Waals surface area contributed by atoms with Crippen LogP contribution >= 0.6 is 0 Å². The molecule has 1 fully saturated rings. The van der Waals surface area contributed by atoms with E-state index in [1.807, 2.05) is 0 Å². The zero-order valence-electron chi connectivity index (χ0n) is 19.0. The zero-order valence-corrected chi connectivity index (χ0v) is 19.0. The molecule has 0 aliphatic carbocycles. The first-order valence-corrected chi connectivity index (χ1v) is 9.93. The highest BCUT2D eigenvalue weighted by molar-refractivity contribution is 6.60. The second-order valence-corrected chi connectivity index (χ2v) is 9.92. The lowest BCUT2D eigenvalue weighted by molar-refractivity contribution is -0.0176. The van der Waals surface area contributed by atoms with Gasteiger partial charge in [-0.3, -0.25) is 0 Å². The van der Waals surface area contributed by atoms with Gasteiger partial charge in [-0.2, -0.15) is 0 Å². The molecule has 4 nitrogen and oxygen atoms in total. The van der Waals surface area contributed by atoms with Crippen LogP contribution in [0.1, 0.15) is 88.5 Å². The molecule has 1 aliphatic heterocycles. The van der Waals surface area contributed by atoms with Crippen molar-refractivity contribution >= 4 is 14.2 Å². The van der Waals surface area contributed by atoms with Gasteiger partial charge in [0.1, 0.15) is 0 Å². The summed E-state index contributed by atoms with van der Waals surface area (Å²) in [5, 5.41) is 0. The molecule has 0 bridgehead atoms. The number of hydrogen-bond acceptors (Lipinski definition) is 4. The van der Waals surface area contributed by atoms with Gasteiger partial charge in [0.15, 0.2) is 0 Å². The van der Waals surface area contributed by atoms with E-state index in [4.69, 9.17) is 18.6 Å². The molecule has 0 atom stereocenters. The fraction of sp³-hybridized carbons (Fsp3) is 0.900. The maximum atomic E-state index is 6.42. The fourth-order valence-electron chi connectivity index (χ4n) is 2.51. The Bertz CT molecular complexity index is 477. The van der Waals surface area contributed by atoms with Gasteiger partial charge in [0.25, 0.3) is 0 Å². The van der Waals surface area contributed by atoms with Crippen molar-refractivity contribution in [3.05, 3.63) is 11.4 Å². The van der Waals surface area contributed by atoms with E-state index in [9.17, 15) is 0 Å². The van der Waals surface area contributed by atoms with Crippen LogP contribution in [-0.4, -0.2) is 38.1 Å². The summed E-state index contributed by atoms with van der Waals surface area (Å²) in [6.45, 7) is 21.2. The molecule has 1 saturated heterocycles. The topological polar surface area (TPSA) is 36.9 Å². The van der Waals surface area contributed by atoms with Crippen LogP contribution in [-0.2, 0) is 18.6 Å². The summed E-state index contributed by atoms with van der Waals surface area (Å²) in [7, 11) is 0.911. The van der Waals surface area contributed by atoms with Crippen molar-refractivity contribution in [2.75, 3.05) is 7.11 Å². The van der Waals surface area contributed by atoms with E-state index in [1.54, 1.807) is 7.11 Å². The average Bonchev–Trinajstić information content (AvgIpc) is 2.67. The van der Waals surface area contributed by atoms with Gasteiger partial charge in [0.2, 0.25) is 0 Å². The first-order chi connectivity index (χ1) is 11.7. The van der Waals surface area contributed by atoms with Gasteiger partial charge in [0.05, 0.1) is 16.8 Å². The first kappa shape index (κ1) is 23.7. The Morgan fingerprint density at radius 1 is 1.04 bits per heavy atom. The van der Waals surface area contributed by atoms with E-state index in [-0.39, 0.29) is 29.3 Å². The van der Waals surface area contributed by atoms with E-state index >= 15 is 0 Å². The van der Waals surface area contributed by atoms with Crippen LogP contribution < -0.4 is 0 Å². The average molecular weight is 366 g/mol. The third-order valence-corrected chi connectivity index (χ3v) is 6.17. The summed E-state index contributed by atoms with van der Waals surface area (Å²) in [6.07, 6.45) is 3.09. The summed E-state index contributed by atoms with van der Waals surface area (Å²) in [5.41, 5.74) is 0.0417. The van der Waals surface area contributed by atoms with Gasteiger partial charge in [-0.25, -0.2) is 0 Å². The van der Waals surface area contributed by atoms with Crippen molar-refractivity contribution in [3.63, 3.8) is 0 Å². The predicted molar refractivity (Wildman–Crippen MR) is 111 cm³/mol. The molecular weight excluding hydrogens is 326 g/mol. The lowest BCUT2D eigenvalue weighted by Gasteiger charge is -2.41. The maximum absolute atomic E-state index is 6.42. The second-order valence-electron chi connectivity index (χ2n) is 9.92. The molecule has 0 N–H and O–H groups in total. The standard InChI is InChI=1S/C20H40B2O4/c1-12-13-14-16(15-21-24-19(7,8)20(9,10)25-21)22(23-11)26-18(5,6)17(2,3)4/h15H,12-14H2,1-11H3/b16-15-. The number of rotatable bonds is 8. The van der Waals surface area contributed by atoms with E-state index in [2.05, 4.69) is 75.2 Å². The Morgan fingerprint density at radius 2 is 1.54 bits per heavy atom. The van der Waals surface area contributed by atoms with Crippen LogP contribution in [0.5, 0.6) is 0 Å². The Kier molecular flexibility index (Phi) is 7.66. The first-order valence-electron chi connectivity index (χ1n) is 9.93. The molecule has 0 aromatic carbocycles. The third-order valence-electron chi connectivity index (χ3n) is 6.17. The van der Waals surface area contributed by atoms with Crippen molar-refractivity contribution in [2.24, 2.45) is 5.41 Å². The molecule has 0 aromatic heterocycles. The van der Waals surface area contributed by atoms with Crippen LogP contribution in [0, 0.1) is 5.41 Å². The molecule has 0 unspecified atom stereocenters. The van der Waals surface area contributed by atoms with Gasteiger partial charge in [-0.1, -0.05) is 46.5 Å². The minimum Gasteiger partial charge on any atom is -0.410 e. The molecule has 1 aliphatic rings. The molecule has 1 rings (SSSR count). The van der Waals surface area contributed by atoms with Crippen molar-refractivity contribution < 1.29 is 18.6 Å². The van der Waals surface area contributed by atoms with Gasteiger partial charge < -0.3 is 18.6 Å². The fourth-order valence-corrected chi connectivity index (χ4v) is 2.51. The Hall–Kier alpha value is -0.290. The Balaban J connectivity index is 3.07. The molecule has 0 aromatic rings. The Morgan fingerprint density at radius 3 is 1.92 bits per heavy atom. The SMILES string of the molecule is CCCC/C(=C/B1OC(C)(C)C(C)(C)O1)B(OC)OC(C)(C)C(C)(C)C. The molecule has 0 spiro atoms. The summed E-state index contributed by atoms with van der Waals surface area (Å²) < 4.78 is 24.5. The minimum absolute atomic E-state index is 0.00993. The van der Waals surface area contributed by atoms with Gasteiger partial charge in [-0.05, 0) is 58.9 Å². The lowest BCUT2D eigenvalue weighted by Crippen LogP contribution is -2.45. The van der Waals surface area contributed by atoms with Crippen molar-refractivity contribution in [2.45, 2.75) is 105 Å². The monoisotopic (exact) mass is 366 g/mol. The quantitative estimate of drug-likeness (QED) is 0.550. The van der Waals surface area contributed by atoms with E-state index < -0.39 is 7.12 Å². The minimum atomic E-state index is -0.408. The molecular formula is C20H40B2O4. The number of allylic oxidation sites excluding steroid dienone is 1. The van der Waals surface area contributed by atoms with Crippen LogP contribution in [0.2, 0.25) is 0 Å². The molecule has 26 heavy (non-hydrogen) atoms. The van der Waals surface area contributed by atoms with Gasteiger partial charge in [0, 0.05) is 7.11 Å². The van der Waals surface area contributed by atoms with E-state index in [0.717, 1.165) is 24.7 Å². The summed E-state index contributed by atoms with van der Waals surface area (Å²) in [6, 6.07) is 0. The second kappa shape index (κ2) is 8.38. The largest absolute Gasteiger partial charge is 0.488 e. The zero-order chi connectivity index (χ0) is 20.4. The van der Waals surface area contributed by atoms with E-state index in [0.29, 0.717) is 0 Å². The van der Waals surface area contributed by atoms with Gasteiger partial charge in [-0.15, -0.1) is 0 Å². The Labute approximate surface area is 162 Å². The number of unbranched alkanes of at least 4 members (excludes halogenated alkanes) is 1. The summed E-state index contributed by atoms with van der Waals surface area (Å²) in [5.74, 6) is 2.05. The van der Waals surface area contributed by atoms with Crippen molar-refractivity contribution in [3.8, 4) is 0 Å². The van der Waals surface area contributed by atoms with Crippen LogP contribution in [0.3, 0.4) is 0 Å². The lowest BCUT2D eigenvalue weighted by atomic mass is 9.67. The van der Waals surface area contributed by atoms with Crippen LogP contribution in [0.25, 0.3) is 0 Å². The summed E-state index contributed by atoms with van der Waals surface area (Å²) >= 11 is 0. The predicted octanol–water partition coefficient (Wildman–Crippen LogP) is 5.25. The van der Waals surface area contributed by atoms with Crippen molar-refractivity contribution in [1.29, 1.82) is 0 Å².